The number of rotatable bonds is 12. The maximum Gasteiger partial charge on any atom is 0.308 e. The van der Waals surface area contributed by atoms with Gasteiger partial charge in [-0.25, -0.2) is 0 Å². The summed E-state index contributed by atoms with van der Waals surface area (Å²) in [5.41, 5.74) is 1.49. The number of cyclic esters (lactones) is 1. The summed E-state index contributed by atoms with van der Waals surface area (Å²) < 4.78 is 29.7. The highest BCUT2D eigenvalue weighted by Gasteiger charge is 2.48. The van der Waals surface area contributed by atoms with E-state index in [1.165, 1.54) is 7.11 Å². The molecule has 14 nitrogen and oxygen atoms in total. The smallest absolute Gasteiger partial charge is 0.308 e. The van der Waals surface area contributed by atoms with Crippen LogP contribution >= 0.6 is 0 Å². The Morgan fingerprint density at radius 3 is 2.59 bits per heavy atom. The molecule has 54 heavy (non-hydrogen) atoms. The monoisotopic (exact) mass is 755 g/mol. The second-order valence-corrected chi connectivity index (χ2v) is 14.2. The molecule has 1 fully saturated rings. The fourth-order valence-corrected chi connectivity index (χ4v) is 6.89. The van der Waals surface area contributed by atoms with Gasteiger partial charge < -0.3 is 53.5 Å². The van der Waals surface area contributed by atoms with E-state index in [-0.39, 0.29) is 18.9 Å². The highest BCUT2D eigenvalue weighted by atomic mass is 16.7. The van der Waals surface area contributed by atoms with Crippen molar-refractivity contribution in [2.24, 2.45) is 17.0 Å². The van der Waals surface area contributed by atoms with E-state index < -0.39 is 73.4 Å². The molecule has 0 spiro atoms. The van der Waals surface area contributed by atoms with Crippen LogP contribution in [0, 0.1) is 11.8 Å². The number of aromatic nitrogens is 1. The number of benzene rings is 1. The molecule has 1 aromatic carbocycles. The number of aldehydes is 1. The second kappa shape index (κ2) is 21.4. The Balaban J connectivity index is 1.56. The topological polar surface area (TPSA) is 179 Å². The summed E-state index contributed by atoms with van der Waals surface area (Å²) in [5.74, 6) is -0.808. The van der Waals surface area contributed by atoms with Gasteiger partial charge in [0, 0.05) is 43.9 Å². The van der Waals surface area contributed by atoms with Crippen molar-refractivity contribution in [3.8, 4) is 5.75 Å². The van der Waals surface area contributed by atoms with E-state index in [0.29, 0.717) is 31.6 Å². The van der Waals surface area contributed by atoms with Crippen LogP contribution in [0.5, 0.6) is 5.75 Å². The molecule has 2 aliphatic rings. The number of ether oxygens (including phenoxy) is 5. The van der Waals surface area contributed by atoms with Crippen LogP contribution in [0.3, 0.4) is 0 Å². The molecule has 2 aliphatic heterocycles. The summed E-state index contributed by atoms with van der Waals surface area (Å²) in [6, 6.07) is 8.86. The summed E-state index contributed by atoms with van der Waals surface area (Å²) in [7, 11) is 4.83. The predicted molar refractivity (Wildman–Crippen MR) is 202 cm³/mol. The Hall–Kier alpha value is -3.76. The van der Waals surface area contributed by atoms with Gasteiger partial charge in [0.2, 0.25) is 0 Å². The van der Waals surface area contributed by atoms with Gasteiger partial charge in [-0.2, -0.15) is 0 Å². The van der Waals surface area contributed by atoms with Crippen molar-refractivity contribution in [1.82, 2.24) is 9.88 Å². The molecule has 2 aromatic rings. The molecule has 1 aromatic heterocycles. The van der Waals surface area contributed by atoms with Gasteiger partial charge >= 0.3 is 5.97 Å². The van der Waals surface area contributed by atoms with Gasteiger partial charge in [0.15, 0.2) is 6.29 Å². The van der Waals surface area contributed by atoms with Crippen LogP contribution in [0.2, 0.25) is 0 Å². The third kappa shape index (κ3) is 12.1. The van der Waals surface area contributed by atoms with Crippen LogP contribution in [0.25, 0.3) is 10.9 Å². The predicted octanol–water partition coefficient (Wildman–Crippen LogP) is 3.60. The highest BCUT2D eigenvalue weighted by molar-refractivity contribution is 5.96. The number of pyridine rings is 1. The maximum atomic E-state index is 12.9. The lowest BCUT2D eigenvalue weighted by Crippen LogP contribution is -2.63. The fourth-order valence-electron chi connectivity index (χ4n) is 6.89. The van der Waals surface area contributed by atoms with Crippen molar-refractivity contribution in [1.29, 1.82) is 0 Å². The number of hydrogen-bond donors (Lipinski definition) is 3. The number of likely N-dealkylation sites (N-methyl/N-ethyl adjacent to an activating group) is 1. The SMILES string of the molecule is CO[C@@H]1[C@@H](O[C@H]2O[C@@H](C)[C@H](O)[C@@H](N(C)C)[C@@H]2O)[C@@H](CC=O)C[C@@H](C)C(=N\OCCCOc2ccc3ncccc3c2)/C=C/C=C/C[C@@H](C)OC(=O)C[C@H]1O. The van der Waals surface area contributed by atoms with Crippen LogP contribution in [0.4, 0.5) is 0 Å². The van der Waals surface area contributed by atoms with Crippen molar-refractivity contribution >= 4 is 28.9 Å². The van der Waals surface area contributed by atoms with Gasteiger partial charge in [-0.15, -0.1) is 0 Å². The molecule has 4 rings (SSSR count). The minimum Gasteiger partial charge on any atom is -0.493 e. The summed E-state index contributed by atoms with van der Waals surface area (Å²) in [6.07, 6.45) is 2.38. The third-order valence-corrected chi connectivity index (χ3v) is 9.78. The van der Waals surface area contributed by atoms with Crippen LogP contribution in [0.15, 0.2) is 66.0 Å². The third-order valence-electron chi connectivity index (χ3n) is 9.78. The van der Waals surface area contributed by atoms with Crippen molar-refractivity contribution < 1.29 is 53.4 Å². The zero-order valence-electron chi connectivity index (χ0n) is 32.1. The van der Waals surface area contributed by atoms with E-state index in [1.54, 1.807) is 39.0 Å². The summed E-state index contributed by atoms with van der Waals surface area (Å²) in [4.78, 5) is 36.9. The van der Waals surface area contributed by atoms with Crippen LogP contribution in [0.1, 0.15) is 52.9 Å². The number of hydrogen-bond acceptors (Lipinski definition) is 14. The Morgan fingerprint density at radius 1 is 1.06 bits per heavy atom. The molecule has 298 valence electrons. The van der Waals surface area contributed by atoms with Gasteiger partial charge in [0.1, 0.15) is 37.0 Å². The molecule has 1 saturated heterocycles. The average molecular weight is 756 g/mol. The van der Waals surface area contributed by atoms with Gasteiger partial charge in [-0.1, -0.05) is 36.4 Å². The van der Waals surface area contributed by atoms with E-state index in [2.05, 4.69) is 10.1 Å². The first-order chi connectivity index (χ1) is 25.9. The molecule has 3 heterocycles. The quantitative estimate of drug-likeness (QED) is 0.124. The number of methoxy groups -OCH3 is 1. The Morgan fingerprint density at radius 2 is 1.85 bits per heavy atom. The number of nitrogens with zero attached hydrogens (tertiary/aromatic N) is 3. The number of carbonyl (C=O) groups is 2. The van der Waals surface area contributed by atoms with E-state index in [1.807, 2.05) is 61.6 Å². The van der Waals surface area contributed by atoms with Crippen LogP contribution in [-0.4, -0.2) is 133 Å². The van der Waals surface area contributed by atoms with Gasteiger partial charge in [-0.05, 0) is 70.6 Å². The number of oxime groups is 1. The summed E-state index contributed by atoms with van der Waals surface area (Å²) >= 11 is 0. The van der Waals surface area contributed by atoms with Gasteiger partial charge in [-0.3, -0.25) is 9.78 Å². The molecule has 0 amide bonds. The average Bonchev–Trinajstić information content (AvgIpc) is 3.13. The lowest BCUT2D eigenvalue weighted by Gasteiger charge is -2.46. The number of aliphatic hydroxyl groups excluding tert-OH is 3. The lowest BCUT2D eigenvalue weighted by molar-refractivity contribution is -0.309. The molecule has 0 unspecified atom stereocenters. The molecular weight excluding hydrogens is 698 g/mol. The molecule has 0 bridgehead atoms. The Labute approximate surface area is 317 Å². The summed E-state index contributed by atoms with van der Waals surface area (Å²) in [6.45, 7) is 6.06. The first-order valence-electron chi connectivity index (χ1n) is 18.6. The summed E-state index contributed by atoms with van der Waals surface area (Å²) in [5, 5.41) is 39.1. The van der Waals surface area contributed by atoms with Crippen LogP contribution < -0.4 is 4.74 Å². The fraction of sp³-hybridized carbons (Fsp3) is 0.600. The number of aliphatic hydroxyl groups is 3. The number of esters is 1. The van der Waals surface area contributed by atoms with E-state index >= 15 is 0 Å². The second-order valence-electron chi connectivity index (χ2n) is 14.2. The number of carbonyl (C=O) groups excluding carboxylic acids is 2. The molecule has 3 N–H and O–H groups in total. The molecule has 0 radical (unpaired) electrons. The van der Waals surface area contributed by atoms with Crippen molar-refractivity contribution in [3.05, 3.63) is 60.8 Å². The molecular formula is C40H57N3O11. The lowest BCUT2D eigenvalue weighted by atomic mass is 9.82. The standard InChI is InChI=1S/C40H57N3O11/c1-25-22-29(17-19-44)38(54-40-37(48)35(43(4)5)36(47)27(3)53-40)39(49-6)33(45)24-34(46)52-26(2)12-8-7-9-14-31(25)42-51-21-11-20-50-30-15-16-32-28(23-30)13-10-18-41-32/h7-10,13-16,18-19,23,25-27,29,33,35-40,45,47-48H,11-12,17,20-22,24H2,1-6H3/b8-7+,14-9+,42-31-/t25-,26-,27+,29+,33-,35-,36+,37+,38+,39+,40-/m1/s1. The van der Waals surface area contributed by atoms with Crippen LogP contribution in [-0.2, 0) is 33.4 Å². The minimum atomic E-state index is -1.40. The zero-order chi connectivity index (χ0) is 39.2. The normalized spacial score (nSPS) is 33.6. The van der Waals surface area contributed by atoms with Gasteiger partial charge in [0.25, 0.3) is 0 Å². The number of allylic oxidation sites excluding steroid dienone is 3. The van der Waals surface area contributed by atoms with Crippen molar-refractivity contribution in [3.63, 3.8) is 0 Å². The minimum absolute atomic E-state index is 0.0128. The maximum absolute atomic E-state index is 12.9. The molecule has 0 saturated carbocycles. The van der Waals surface area contributed by atoms with Gasteiger partial charge in [0.05, 0.1) is 54.7 Å². The Kier molecular flexibility index (Phi) is 17.0. The largest absolute Gasteiger partial charge is 0.493 e. The Bertz CT molecular complexity index is 1570. The van der Waals surface area contributed by atoms with E-state index in [0.717, 1.165) is 22.9 Å². The molecule has 14 heteroatoms. The zero-order valence-corrected chi connectivity index (χ0v) is 32.1. The first-order valence-corrected chi connectivity index (χ1v) is 18.6. The first kappa shape index (κ1) is 43.0. The van der Waals surface area contributed by atoms with Crippen molar-refractivity contribution in [2.75, 3.05) is 34.4 Å². The molecule has 0 aliphatic carbocycles. The van der Waals surface area contributed by atoms with E-state index in [9.17, 15) is 24.9 Å². The molecule has 11 atom stereocenters. The highest BCUT2D eigenvalue weighted by Crippen LogP contribution is 2.33. The van der Waals surface area contributed by atoms with Crippen molar-refractivity contribution in [2.45, 2.75) is 108 Å². The number of fused-ring (bicyclic) bond motifs is 1. The van der Waals surface area contributed by atoms with E-state index in [4.69, 9.17) is 28.5 Å².